The number of hydrogen-bond donors (Lipinski definition) is 2. The maximum absolute atomic E-state index is 14.1. The number of carbonyl (C=O) groups is 1. The number of nitrogens with one attached hydrogen (secondary N) is 2. The lowest BCUT2D eigenvalue weighted by atomic mass is 10.0. The highest BCUT2D eigenvalue weighted by molar-refractivity contribution is 5.92. The van der Waals surface area contributed by atoms with Gasteiger partial charge in [-0.15, -0.1) is 0 Å². The minimum absolute atomic E-state index is 0. The molecule has 1 aliphatic rings. The van der Waals surface area contributed by atoms with Crippen LogP contribution in [0.4, 0.5) is 16.0 Å². The number of fused-ring (bicyclic) bond motifs is 1. The number of nitrogens with zero attached hydrogens (tertiary/aromatic N) is 5. The zero-order chi connectivity index (χ0) is 28.2. The molecule has 0 saturated carbocycles. The third-order valence-corrected chi connectivity index (χ3v) is 7.24. The van der Waals surface area contributed by atoms with Crippen LogP contribution in [-0.4, -0.2) is 76.6 Å². The monoisotopic (exact) mass is 549 g/mol. The van der Waals surface area contributed by atoms with E-state index in [4.69, 9.17) is 9.72 Å². The number of imidazole rings is 1. The van der Waals surface area contributed by atoms with Crippen LogP contribution in [0.2, 0.25) is 0 Å². The Bertz CT molecular complexity index is 1510. The summed E-state index contributed by atoms with van der Waals surface area (Å²) in [4.78, 5) is 26.3. The molecule has 0 aliphatic carbocycles. The Balaban J connectivity index is 0.00000242. The molecule has 214 valence electrons. The van der Waals surface area contributed by atoms with E-state index in [-0.39, 0.29) is 20.5 Å². The van der Waals surface area contributed by atoms with Crippen LogP contribution in [0.3, 0.4) is 0 Å². The van der Waals surface area contributed by atoms with Crippen molar-refractivity contribution in [3.8, 4) is 11.5 Å². The van der Waals surface area contributed by atoms with Crippen LogP contribution in [0.1, 0.15) is 38.7 Å². The summed E-state index contributed by atoms with van der Waals surface area (Å²) in [5, 5.41) is 6.26. The van der Waals surface area contributed by atoms with Gasteiger partial charge in [-0.05, 0) is 54.9 Å². The molecule has 0 unspecified atom stereocenters. The predicted molar refractivity (Wildman–Crippen MR) is 159 cm³/mol. The van der Waals surface area contributed by atoms with Crippen molar-refractivity contribution >= 4 is 28.6 Å². The quantitative estimate of drug-likeness (QED) is 0.295. The number of rotatable bonds is 9. The predicted octanol–water partition coefficient (Wildman–Crippen LogP) is 5.24. The standard InChI is InChI=1S/C30H36FN7O2.2H2/c1-20(2)24-17-21(5-7-25(24)31)34-30-35-26-18-22(6-8-28(26)37(30)4)40-23-9-10-32-27(19-23)29(39)33-11-12-38-15-13-36(3)14-16-38;;/h5-10,17-20H,11-16H2,1-4H3,(H,33,39)(H,34,35);2*1H. The number of hydrogen-bond acceptors (Lipinski definition) is 7. The SMILES string of the molecule is CC(C)c1cc(Nc2nc3cc(Oc4ccnc(C(=O)NCCN5CCN(C)CC5)c4)ccc3n2C)ccc1F.[HH].[HH]. The molecule has 9 nitrogen and oxygen atoms in total. The Kier molecular flexibility index (Phi) is 8.27. The number of piperazine rings is 1. The molecule has 1 amide bonds. The first-order valence-corrected chi connectivity index (χ1v) is 13.6. The van der Waals surface area contributed by atoms with E-state index in [1.807, 2.05) is 49.7 Å². The van der Waals surface area contributed by atoms with Crippen LogP contribution in [0, 0.1) is 5.82 Å². The lowest BCUT2D eigenvalue weighted by Gasteiger charge is -2.32. The normalized spacial score (nSPS) is 14.6. The summed E-state index contributed by atoms with van der Waals surface area (Å²) >= 11 is 0. The summed E-state index contributed by atoms with van der Waals surface area (Å²) in [6, 6.07) is 14.0. The Morgan fingerprint density at radius 3 is 2.60 bits per heavy atom. The topological polar surface area (TPSA) is 87.6 Å². The van der Waals surface area contributed by atoms with Gasteiger partial charge >= 0.3 is 0 Å². The number of anilines is 2. The lowest BCUT2D eigenvalue weighted by molar-refractivity contribution is 0.0935. The largest absolute Gasteiger partial charge is 0.457 e. The van der Waals surface area contributed by atoms with Gasteiger partial charge in [0.15, 0.2) is 0 Å². The van der Waals surface area contributed by atoms with E-state index in [1.54, 1.807) is 24.4 Å². The molecule has 1 saturated heterocycles. The van der Waals surface area contributed by atoms with Gasteiger partial charge in [0.25, 0.3) is 5.91 Å². The number of ether oxygens (including phenoxy) is 1. The minimum atomic E-state index is -0.225. The van der Waals surface area contributed by atoms with E-state index >= 15 is 0 Å². The summed E-state index contributed by atoms with van der Waals surface area (Å²) < 4.78 is 22.1. The van der Waals surface area contributed by atoms with Crippen LogP contribution in [0.25, 0.3) is 11.0 Å². The summed E-state index contributed by atoms with van der Waals surface area (Å²) in [6.45, 7) is 9.43. The number of pyridine rings is 1. The van der Waals surface area contributed by atoms with Crippen LogP contribution in [0.5, 0.6) is 11.5 Å². The van der Waals surface area contributed by atoms with Gasteiger partial charge < -0.3 is 24.8 Å². The van der Waals surface area contributed by atoms with Gasteiger partial charge in [0, 0.05) is 73.2 Å². The van der Waals surface area contributed by atoms with E-state index in [0.29, 0.717) is 35.2 Å². The fourth-order valence-electron chi connectivity index (χ4n) is 4.77. The van der Waals surface area contributed by atoms with Gasteiger partial charge in [0.05, 0.1) is 11.0 Å². The number of halogens is 1. The second-order valence-corrected chi connectivity index (χ2v) is 10.5. The second kappa shape index (κ2) is 12.0. The molecule has 0 bridgehead atoms. The van der Waals surface area contributed by atoms with Gasteiger partial charge in [0.2, 0.25) is 5.95 Å². The first kappa shape index (κ1) is 27.5. The molecule has 2 N–H and O–H groups in total. The van der Waals surface area contributed by atoms with Crippen molar-refractivity contribution in [2.75, 3.05) is 51.6 Å². The van der Waals surface area contributed by atoms with Crippen molar-refractivity contribution in [3.63, 3.8) is 0 Å². The van der Waals surface area contributed by atoms with Gasteiger partial charge in [-0.25, -0.2) is 9.37 Å². The van der Waals surface area contributed by atoms with Crippen molar-refractivity contribution in [2.24, 2.45) is 7.05 Å². The zero-order valence-corrected chi connectivity index (χ0v) is 23.4. The first-order chi connectivity index (χ1) is 19.3. The maximum atomic E-state index is 14.1. The first-order valence-electron chi connectivity index (χ1n) is 13.6. The van der Waals surface area contributed by atoms with Crippen LogP contribution in [0.15, 0.2) is 54.7 Å². The van der Waals surface area contributed by atoms with E-state index in [2.05, 4.69) is 32.5 Å². The molecule has 2 aromatic carbocycles. The summed E-state index contributed by atoms with van der Waals surface area (Å²) in [6.07, 6.45) is 1.57. The van der Waals surface area contributed by atoms with E-state index < -0.39 is 0 Å². The van der Waals surface area contributed by atoms with Crippen LogP contribution >= 0.6 is 0 Å². The average Bonchev–Trinajstić information content (AvgIpc) is 3.24. The summed E-state index contributed by atoms with van der Waals surface area (Å²) in [5.41, 5.74) is 3.38. The van der Waals surface area contributed by atoms with Gasteiger partial charge in [-0.2, -0.15) is 0 Å². The van der Waals surface area contributed by atoms with Gasteiger partial charge in [0.1, 0.15) is 23.0 Å². The van der Waals surface area contributed by atoms with Crippen molar-refractivity contribution in [2.45, 2.75) is 19.8 Å². The number of benzene rings is 2. The van der Waals surface area contributed by atoms with E-state index in [0.717, 1.165) is 49.4 Å². The molecular formula is C30H40FN7O2. The Hall–Kier alpha value is -4.02. The fraction of sp³-hybridized carbons (Fsp3) is 0.367. The molecule has 0 radical (unpaired) electrons. The van der Waals surface area contributed by atoms with Crippen molar-refractivity contribution in [1.82, 2.24) is 29.7 Å². The Labute approximate surface area is 236 Å². The zero-order valence-electron chi connectivity index (χ0n) is 23.4. The van der Waals surface area contributed by atoms with Crippen molar-refractivity contribution in [3.05, 3.63) is 71.8 Å². The molecule has 0 atom stereocenters. The molecule has 4 aromatic rings. The Morgan fingerprint density at radius 1 is 1.05 bits per heavy atom. The van der Waals surface area contributed by atoms with E-state index in [9.17, 15) is 9.18 Å². The third kappa shape index (κ3) is 6.40. The molecule has 1 aliphatic heterocycles. The highest BCUT2D eigenvalue weighted by Gasteiger charge is 2.15. The molecule has 5 rings (SSSR count). The minimum Gasteiger partial charge on any atom is -0.457 e. The van der Waals surface area contributed by atoms with Crippen LogP contribution in [-0.2, 0) is 7.05 Å². The molecule has 10 heteroatoms. The number of carbonyl (C=O) groups excluding carboxylic acids is 1. The van der Waals surface area contributed by atoms with Crippen LogP contribution < -0.4 is 15.4 Å². The summed E-state index contributed by atoms with van der Waals surface area (Å²) in [7, 11) is 4.05. The highest BCUT2D eigenvalue weighted by atomic mass is 19.1. The van der Waals surface area contributed by atoms with Crippen molar-refractivity contribution in [1.29, 1.82) is 0 Å². The maximum Gasteiger partial charge on any atom is 0.270 e. The second-order valence-electron chi connectivity index (χ2n) is 10.5. The lowest BCUT2D eigenvalue weighted by Crippen LogP contribution is -2.46. The number of aromatic nitrogens is 3. The van der Waals surface area contributed by atoms with Gasteiger partial charge in [-0.1, -0.05) is 13.8 Å². The average molecular weight is 550 g/mol. The molecule has 40 heavy (non-hydrogen) atoms. The number of aryl methyl sites for hydroxylation is 1. The summed E-state index contributed by atoms with van der Waals surface area (Å²) in [5.74, 6) is 1.37. The van der Waals surface area contributed by atoms with E-state index in [1.165, 1.54) is 6.07 Å². The highest BCUT2D eigenvalue weighted by Crippen LogP contribution is 2.29. The molecule has 0 spiro atoms. The third-order valence-electron chi connectivity index (χ3n) is 7.24. The molecule has 1 fully saturated rings. The smallest absolute Gasteiger partial charge is 0.270 e. The number of likely N-dealkylation sites (N-methyl/N-ethyl adjacent to an activating group) is 1. The number of amides is 1. The molecular weight excluding hydrogens is 509 g/mol. The van der Waals surface area contributed by atoms with Gasteiger partial charge in [-0.3, -0.25) is 14.7 Å². The fourth-order valence-corrected chi connectivity index (χ4v) is 4.77. The molecule has 3 heterocycles. The molecule has 2 aromatic heterocycles. The van der Waals surface area contributed by atoms with Crippen molar-refractivity contribution < 1.29 is 16.8 Å². The Morgan fingerprint density at radius 2 is 1.82 bits per heavy atom.